The van der Waals surface area contributed by atoms with E-state index in [1.54, 1.807) is 0 Å². The third kappa shape index (κ3) is 4.66. The Morgan fingerprint density at radius 3 is 3.05 bits per heavy atom. The molecule has 108 valence electrons. The SMILES string of the molecule is CCNCc1cn(CCCOc2cccc(C)c2)nn1. The first-order chi connectivity index (χ1) is 9.78. The van der Waals surface area contributed by atoms with Gasteiger partial charge in [-0.1, -0.05) is 24.3 Å². The molecule has 2 aromatic rings. The number of aryl methyl sites for hydroxylation is 2. The summed E-state index contributed by atoms with van der Waals surface area (Å²) in [4.78, 5) is 0. The molecule has 0 aliphatic rings. The van der Waals surface area contributed by atoms with Gasteiger partial charge in [0.25, 0.3) is 0 Å². The van der Waals surface area contributed by atoms with E-state index in [9.17, 15) is 0 Å². The van der Waals surface area contributed by atoms with Crippen molar-refractivity contribution in [3.05, 3.63) is 41.7 Å². The Balaban J connectivity index is 1.69. The lowest BCUT2D eigenvalue weighted by Gasteiger charge is -2.06. The molecule has 1 N–H and O–H groups in total. The fourth-order valence-electron chi connectivity index (χ4n) is 1.90. The van der Waals surface area contributed by atoms with Crippen molar-refractivity contribution < 1.29 is 4.74 Å². The van der Waals surface area contributed by atoms with Gasteiger partial charge in [0.2, 0.25) is 0 Å². The molecule has 0 aliphatic heterocycles. The molecule has 0 atom stereocenters. The highest BCUT2D eigenvalue weighted by Crippen LogP contribution is 2.12. The first-order valence-electron chi connectivity index (χ1n) is 7.07. The fourth-order valence-corrected chi connectivity index (χ4v) is 1.90. The Kier molecular flexibility index (Phi) is 5.55. The van der Waals surface area contributed by atoms with E-state index in [-0.39, 0.29) is 0 Å². The van der Waals surface area contributed by atoms with Gasteiger partial charge >= 0.3 is 0 Å². The van der Waals surface area contributed by atoms with E-state index >= 15 is 0 Å². The van der Waals surface area contributed by atoms with Gasteiger partial charge in [0.15, 0.2) is 0 Å². The Morgan fingerprint density at radius 1 is 1.35 bits per heavy atom. The average molecular weight is 274 g/mol. The normalized spacial score (nSPS) is 10.7. The number of benzene rings is 1. The van der Waals surface area contributed by atoms with Crippen LogP contribution in [0.2, 0.25) is 0 Å². The quantitative estimate of drug-likeness (QED) is 0.750. The number of rotatable bonds is 8. The maximum atomic E-state index is 5.71. The third-order valence-corrected chi connectivity index (χ3v) is 2.93. The van der Waals surface area contributed by atoms with Gasteiger partial charge in [0, 0.05) is 25.7 Å². The molecule has 0 radical (unpaired) electrons. The minimum Gasteiger partial charge on any atom is -0.494 e. The molecular weight excluding hydrogens is 252 g/mol. The van der Waals surface area contributed by atoms with Crippen molar-refractivity contribution in [1.29, 1.82) is 0 Å². The van der Waals surface area contributed by atoms with Crippen LogP contribution in [0.4, 0.5) is 0 Å². The molecule has 0 aliphatic carbocycles. The molecule has 0 unspecified atom stereocenters. The minimum atomic E-state index is 0.686. The molecule has 20 heavy (non-hydrogen) atoms. The highest BCUT2D eigenvalue weighted by Gasteiger charge is 2.00. The summed E-state index contributed by atoms with van der Waals surface area (Å²) in [6, 6.07) is 8.10. The smallest absolute Gasteiger partial charge is 0.119 e. The van der Waals surface area contributed by atoms with E-state index < -0.39 is 0 Å². The van der Waals surface area contributed by atoms with E-state index in [0.29, 0.717) is 6.61 Å². The number of aromatic nitrogens is 3. The molecular formula is C15H22N4O. The van der Waals surface area contributed by atoms with Gasteiger partial charge in [-0.25, -0.2) is 0 Å². The van der Waals surface area contributed by atoms with Crippen molar-refractivity contribution in [3.8, 4) is 5.75 Å². The van der Waals surface area contributed by atoms with Gasteiger partial charge in [-0.3, -0.25) is 4.68 Å². The molecule has 0 bridgehead atoms. The Bertz CT molecular complexity index is 524. The molecule has 5 heteroatoms. The van der Waals surface area contributed by atoms with Gasteiger partial charge in [-0.15, -0.1) is 5.10 Å². The number of hydrogen-bond donors (Lipinski definition) is 1. The van der Waals surface area contributed by atoms with Gasteiger partial charge in [-0.05, 0) is 31.2 Å². The van der Waals surface area contributed by atoms with E-state index in [0.717, 1.165) is 37.5 Å². The summed E-state index contributed by atoms with van der Waals surface area (Å²) in [7, 11) is 0. The topological polar surface area (TPSA) is 52.0 Å². The minimum absolute atomic E-state index is 0.686. The van der Waals surface area contributed by atoms with Crippen molar-refractivity contribution in [1.82, 2.24) is 20.3 Å². The van der Waals surface area contributed by atoms with Crippen LogP contribution in [0.15, 0.2) is 30.5 Å². The molecule has 0 fully saturated rings. The van der Waals surface area contributed by atoms with Gasteiger partial charge in [0.05, 0.1) is 12.3 Å². The Morgan fingerprint density at radius 2 is 2.25 bits per heavy atom. The van der Waals surface area contributed by atoms with Crippen molar-refractivity contribution in [2.24, 2.45) is 0 Å². The maximum Gasteiger partial charge on any atom is 0.119 e. The zero-order chi connectivity index (χ0) is 14.2. The van der Waals surface area contributed by atoms with Crippen molar-refractivity contribution in [2.45, 2.75) is 33.4 Å². The molecule has 0 spiro atoms. The van der Waals surface area contributed by atoms with Crippen LogP contribution in [0.1, 0.15) is 24.6 Å². The first-order valence-corrected chi connectivity index (χ1v) is 7.07. The first kappa shape index (κ1) is 14.5. The number of ether oxygens (including phenoxy) is 1. The second-order valence-corrected chi connectivity index (χ2v) is 4.77. The molecule has 5 nitrogen and oxygen atoms in total. The molecule has 1 heterocycles. The van der Waals surface area contributed by atoms with Crippen LogP contribution in [0.25, 0.3) is 0 Å². The summed E-state index contributed by atoms with van der Waals surface area (Å²) in [6.07, 6.45) is 2.90. The van der Waals surface area contributed by atoms with E-state index in [1.165, 1.54) is 5.56 Å². The zero-order valence-electron chi connectivity index (χ0n) is 12.2. The largest absolute Gasteiger partial charge is 0.494 e. The highest BCUT2D eigenvalue weighted by molar-refractivity contribution is 5.27. The van der Waals surface area contributed by atoms with E-state index in [2.05, 4.69) is 35.5 Å². The number of hydrogen-bond acceptors (Lipinski definition) is 4. The maximum absolute atomic E-state index is 5.71. The summed E-state index contributed by atoms with van der Waals surface area (Å²) < 4.78 is 7.57. The molecule has 0 saturated carbocycles. The Hall–Kier alpha value is -1.88. The summed E-state index contributed by atoms with van der Waals surface area (Å²) in [5, 5.41) is 11.4. The van der Waals surface area contributed by atoms with Crippen LogP contribution in [0.5, 0.6) is 5.75 Å². The second-order valence-electron chi connectivity index (χ2n) is 4.77. The monoisotopic (exact) mass is 274 g/mol. The summed E-state index contributed by atoms with van der Waals surface area (Å²) in [5.41, 5.74) is 2.19. The summed E-state index contributed by atoms with van der Waals surface area (Å²) in [5.74, 6) is 0.927. The van der Waals surface area contributed by atoms with Crippen LogP contribution in [-0.2, 0) is 13.1 Å². The van der Waals surface area contributed by atoms with Crippen LogP contribution in [0, 0.1) is 6.92 Å². The van der Waals surface area contributed by atoms with Gasteiger partial charge < -0.3 is 10.1 Å². The van der Waals surface area contributed by atoms with Crippen molar-refractivity contribution in [2.75, 3.05) is 13.2 Å². The van der Waals surface area contributed by atoms with Crippen molar-refractivity contribution >= 4 is 0 Å². The lowest BCUT2D eigenvalue weighted by molar-refractivity contribution is 0.298. The van der Waals surface area contributed by atoms with Crippen LogP contribution < -0.4 is 10.1 Å². The lowest BCUT2D eigenvalue weighted by Crippen LogP contribution is -2.11. The van der Waals surface area contributed by atoms with Crippen LogP contribution in [-0.4, -0.2) is 28.1 Å². The third-order valence-electron chi connectivity index (χ3n) is 2.93. The molecule has 1 aromatic heterocycles. The summed E-state index contributed by atoms with van der Waals surface area (Å²) >= 11 is 0. The van der Waals surface area contributed by atoms with Crippen LogP contribution in [0.3, 0.4) is 0 Å². The summed E-state index contributed by atoms with van der Waals surface area (Å²) in [6.45, 7) is 7.37. The van der Waals surface area contributed by atoms with E-state index in [4.69, 9.17) is 4.74 Å². The standard InChI is InChI=1S/C15H22N4O/c1-3-16-11-14-12-19(18-17-14)8-5-9-20-15-7-4-6-13(2)10-15/h4,6-7,10,12,16H,3,5,8-9,11H2,1-2H3. The van der Waals surface area contributed by atoms with Crippen molar-refractivity contribution in [3.63, 3.8) is 0 Å². The number of nitrogens with one attached hydrogen (secondary N) is 1. The lowest BCUT2D eigenvalue weighted by atomic mass is 10.2. The fraction of sp³-hybridized carbons (Fsp3) is 0.467. The molecule has 1 aromatic carbocycles. The van der Waals surface area contributed by atoms with E-state index in [1.807, 2.05) is 29.1 Å². The molecule has 0 amide bonds. The van der Waals surface area contributed by atoms with Gasteiger partial charge in [-0.2, -0.15) is 0 Å². The average Bonchev–Trinajstić information content (AvgIpc) is 2.89. The van der Waals surface area contributed by atoms with Gasteiger partial charge in [0.1, 0.15) is 5.75 Å². The van der Waals surface area contributed by atoms with Crippen LogP contribution >= 0.6 is 0 Å². The predicted molar refractivity (Wildman–Crippen MR) is 78.7 cm³/mol. The highest BCUT2D eigenvalue weighted by atomic mass is 16.5. The number of nitrogens with zero attached hydrogens (tertiary/aromatic N) is 3. The molecule has 0 saturated heterocycles. The Labute approximate surface area is 120 Å². The zero-order valence-corrected chi connectivity index (χ0v) is 12.2. The second kappa shape index (κ2) is 7.65. The predicted octanol–water partition coefficient (Wildman–Crippen LogP) is 2.17. The molecule has 2 rings (SSSR count).